The van der Waals surface area contributed by atoms with Crippen LogP contribution in [0.25, 0.3) is 6.08 Å². The number of carboxylic acids is 1. The minimum absolute atomic E-state index is 0.404. The van der Waals surface area contributed by atoms with Crippen LogP contribution in [0.4, 0.5) is 0 Å². The summed E-state index contributed by atoms with van der Waals surface area (Å²) in [6, 6.07) is 6.63. The van der Waals surface area contributed by atoms with Gasteiger partial charge < -0.3 is 10.4 Å². The SMILES string of the molecule is CSCCC(NC(=O)/C=C/c1cccc(Br)c1)C(=O)O. The van der Waals surface area contributed by atoms with Crippen LogP contribution in [0.2, 0.25) is 0 Å². The van der Waals surface area contributed by atoms with Crippen molar-refractivity contribution in [2.75, 3.05) is 12.0 Å². The molecule has 0 saturated heterocycles. The second-order valence-corrected chi connectivity index (χ2v) is 5.97. The van der Waals surface area contributed by atoms with Crippen molar-refractivity contribution < 1.29 is 14.7 Å². The Bertz CT molecular complexity index is 505. The number of rotatable bonds is 7. The first kappa shape index (κ1) is 16.8. The third kappa shape index (κ3) is 6.25. The zero-order chi connectivity index (χ0) is 15.0. The molecule has 0 saturated carbocycles. The van der Waals surface area contributed by atoms with Crippen molar-refractivity contribution in [1.29, 1.82) is 0 Å². The lowest BCUT2D eigenvalue weighted by Gasteiger charge is -2.12. The van der Waals surface area contributed by atoms with Crippen molar-refractivity contribution in [1.82, 2.24) is 5.32 Å². The predicted molar refractivity (Wildman–Crippen MR) is 85.7 cm³/mol. The van der Waals surface area contributed by atoms with E-state index in [1.54, 1.807) is 17.8 Å². The standard InChI is InChI=1S/C14H16BrNO3S/c1-20-8-7-12(14(18)19)16-13(17)6-5-10-3-2-4-11(15)9-10/h2-6,9,12H,7-8H2,1H3,(H,16,17)(H,18,19)/b6-5+. The van der Waals surface area contributed by atoms with Crippen LogP contribution in [0.1, 0.15) is 12.0 Å². The average molecular weight is 358 g/mol. The Labute approximate surface area is 130 Å². The van der Waals surface area contributed by atoms with Crippen LogP contribution >= 0.6 is 27.7 Å². The normalized spacial score (nSPS) is 12.3. The lowest BCUT2D eigenvalue weighted by atomic mass is 10.2. The van der Waals surface area contributed by atoms with Gasteiger partial charge in [-0.3, -0.25) is 4.79 Å². The lowest BCUT2D eigenvalue weighted by Crippen LogP contribution is -2.40. The predicted octanol–water partition coefficient (Wildman–Crippen LogP) is 2.78. The number of thioether (sulfide) groups is 1. The van der Waals surface area contributed by atoms with Gasteiger partial charge in [0.1, 0.15) is 6.04 Å². The van der Waals surface area contributed by atoms with Gasteiger partial charge in [-0.2, -0.15) is 11.8 Å². The molecule has 6 heteroatoms. The summed E-state index contributed by atoms with van der Waals surface area (Å²) in [5.74, 6) is -0.728. The summed E-state index contributed by atoms with van der Waals surface area (Å²) in [5, 5.41) is 11.5. The molecule has 0 fully saturated rings. The summed E-state index contributed by atoms with van der Waals surface area (Å²) in [7, 11) is 0. The molecule has 0 aliphatic heterocycles. The summed E-state index contributed by atoms with van der Waals surface area (Å²) >= 11 is 4.89. The molecule has 1 unspecified atom stereocenters. The molecule has 1 aromatic rings. The maximum absolute atomic E-state index is 11.7. The topological polar surface area (TPSA) is 66.4 Å². The van der Waals surface area contributed by atoms with Gasteiger partial charge in [-0.05, 0) is 42.2 Å². The van der Waals surface area contributed by atoms with Crippen LogP contribution in [-0.2, 0) is 9.59 Å². The first-order valence-electron chi connectivity index (χ1n) is 5.99. The second kappa shape index (κ2) is 8.81. The zero-order valence-corrected chi connectivity index (χ0v) is 13.4. The van der Waals surface area contributed by atoms with Crippen LogP contribution < -0.4 is 5.32 Å². The van der Waals surface area contributed by atoms with Gasteiger partial charge in [0, 0.05) is 10.5 Å². The number of carbonyl (C=O) groups excluding carboxylic acids is 1. The molecule has 1 amide bonds. The third-order valence-electron chi connectivity index (χ3n) is 2.50. The highest BCUT2D eigenvalue weighted by Gasteiger charge is 2.17. The van der Waals surface area contributed by atoms with Gasteiger partial charge in [0.25, 0.3) is 0 Å². The Morgan fingerprint density at radius 2 is 2.25 bits per heavy atom. The minimum atomic E-state index is -1.01. The van der Waals surface area contributed by atoms with Gasteiger partial charge >= 0.3 is 5.97 Å². The minimum Gasteiger partial charge on any atom is -0.480 e. The van der Waals surface area contributed by atoms with Crippen LogP contribution in [-0.4, -0.2) is 35.0 Å². The molecule has 0 radical (unpaired) electrons. The van der Waals surface area contributed by atoms with Crippen LogP contribution in [0.3, 0.4) is 0 Å². The van der Waals surface area contributed by atoms with Crippen molar-refractivity contribution in [2.24, 2.45) is 0 Å². The Hall–Kier alpha value is -1.27. The molecule has 1 atom stereocenters. The Morgan fingerprint density at radius 3 is 2.85 bits per heavy atom. The zero-order valence-electron chi connectivity index (χ0n) is 11.0. The third-order valence-corrected chi connectivity index (χ3v) is 3.64. The van der Waals surface area contributed by atoms with E-state index in [9.17, 15) is 9.59 Å². The van der Waals surface area contributed by atoms with E-state index in [0.717, 1.165) is 10.0 Å². The number of halogens is 1. The molecule has 0 spiro atoms. The number of carboxylic acid groups (broad SMARTS) is 1. The van der Waals surface area contributed by atoms with E-state index in [1.165, 1.54) is 6.08 Å². The van der Waals surface area contributed by atoms with E-state index in [2.05, 4.69) is 21.2 Å². The van der Waals surface area contributed by atoms with E-state index in [1.807, 2.05) is 30.5 Å². The van der Waals surface area contributed by atoms with Gasteiger partial charge in [0.2, 0.25) is 5.91 Å². The Balaban J connectivity index is 2.59. The highest BCUT2D eigenvalue weighted by atomic mass is 79.9. The van der Waals surface area contributed by atoms with Gasteiger partial charge in [-0.25, -0.2) is 4.79 Å². The highest BCUT2D eigenvalue weighted by molar-refractivity contribution is 9.10. The lowest BCUT2D eigenvalue weighted by molar-refractivity contribution is -0.141. The Kier molecular flexibility index (Phi) is 7.40. The summed E-state index contributed by atoms with van der Waals surface area (Å²) in [6.07, 6.45) is 5.30. The monoisotopic (exact) mass is 357 g/mol. The number of carbonyl (C=O) groups is 2. The fraction of sp³-hybridized carbons (Fsp3) is 0.286. The fourth-order valence-corrected chi connectivity index (χ4v) is 2.38. The van der Waals surface area contributed by atoms with Crippen LogP contribution in [0.5, 0.6) is 0 Å². The molecule has 1 aromatic carbocycles. The molecule has 0 aliphatic rings. The molecule has 0 heterocycles. The summed E-state index contributed by atoms with van der Waals surface area (Å²) in [4.78, 5) is 22.7. The van der Waals surface area contributed by atoms with Crippen LogP contribution in [0, 0.1) is 0 Å². The average Bonchev–Trinajstić information content (AvgIpc) is 2.41. The number of aliphatic carboxylic acids is 1. The Morgan fingerprint density at radius 1 is 1.50 bits per heavy atom. The maximum Gasteiger partial charge on any atom is 0.326 e. The molecular formula is C14H16BrNO3S. The van der Waals surface area contributed by atoms with E-state index < -0.39 is 17.9 Å². The molecule has 0 bridgehead atoms. The largest absolute Gasteiger partial charge is 0.480 e. The summed E-state index contributed by atoms with van der Waals surface area (Å²) in [6.45, 7) is 0. The van der Waals surface area contributed by atoms with E-state index in [-0.39, 0.29) is 0 Å². The maximum atomic E-state index is 11.7. The molecule has 108 valence electrons. The number of benzene rings is 1. The van der Waals surface area contributed by atoms with Crippen LogP contribution in [0.15, 0.2) is 34.8 Å². The van der Waals surface area contributed by atoms with Gasteiger partial charge in [-0.15, -0.1) is 0 Å². The first-order valence-corrected chi connectivity index (χ1v) is 8.17. The first-order chi connectivity index (χ1) is 9.52. The molecular weight excluding hydrogens is 342 g/mol. The smallest absolute Gasteiger partial charge is 0.326 e. The van der Waals surface area contributed by atoms with Crippen molar-refractivity contribution >= 4 is 45.6 Å². The van der Waals surface area contributed by atoms with Crippen molar-refractivity contribution in [3.63, 3.8) is 0 Å². The van der Waals surface area contributed by atoms with Gasteiger partial charge in [0.05, 0.1) is 0 Å². The van der Waals surface area contributed by atoms with E-state index in [0.29, 0.717) is 12.2 Å². The van der Waals surface area contributed by atoms with Gasteiger partial charge in [0.15, 0.2) is 0 Å². The quantitative estimate of drug-likeness (QED) is 0.736. The van der Waals surface area contributed by atoms with Gasteiger partial charge in [-0.1, -0.05) is 28.1 Å². The molecule has 1 rings (SSSR count). The van der Waals surface area contributed by atoms with Crippen molar-refractivity contribution in [3.05, 3.63) is 40.4 Å². The highest BCUT2D eigenvalue weighted by Crippen LogP contribution is 2.12. The molecule has 20 heavy (non-hydrogen) atoms. The van der Waals surface area contributed by atoms with E-state index in [4.69, 9.17) is 5.11 Å². The fourth-order valence-electron chi connectivity index (χ4n) is 1.50. The second-order valence-electron chi connectivity index (χ2n) is 4.07. The van der Waals surface area contributed by atoms with Crippen molar-refractivity contribution in [2.45, 2.75) is 12.5 Å². The van der Waals surface area contributed by atoms with Crippen molar-refractivity contribution in [3.8, 4) is 0 Å². The molecule has 4 nitrogen and oxygen atoms in total. The molecule has 0 aromatic heterocycles. The number of hydrogen-bond donors (Lipinski definition) is 2. The number of nitrogens with one attached hydrogen (secondary N) is 1. The summed E-state index contributed by atoms with van der Waals surface area (Å²) < 4.78 is 0.920. The summed E-state index contributed by atoms with van der Waals surface area (Å²) in [5.41, 5.74) is 0.866. The number of hydrogen-bond acceptors (Lipinski definition) is 3. The molecule has 2 N–H and O–H groups in total. The molecule has 0 aliphatic carbocycles. The van der Waals surface area contributed by atoms with E-state index >= 15 is 0 Å². The number of amides is 1.